The summed E-state index contributed by atoms with van der Waals surface area (Å²) in [5.41, 5.74) is -0.575. The molecule has 1 rings (SSSR count). The molecule has 4 nitrogen and oxygen atoms in total. The number of alkyl halides is 2. The molecule has 0 saturated heterocycles. The Morgan fingerprint density at radius 3 is 2.82 bits per heavy atom. The Morgan fingerprint density at radius 1 is 1.65 bits per heavy atom. The van der Waals surface area contributed by atoms with Gasteiger partial charge in [0.15, 0.2) is 5.75 Å². The number of aromatic hydroxyl groups is 1. The van der Waals surface area contributed by atoms with Gasteiger partial charge in [0.2, 0.25) is 0 Å². The number of carbonyl (C=O) groups excluding carboxylic acids is 1. The normalized spacial score (nSPS) is 10.6. The summed E-state index contributed by atoms with van der Waals surface area (Å²) < 4.78 is 30.2. The van der Waals surface area contributed by atoms with Gasteiger partial charge in [-0.25, -0.2) is 13.8 Å². The number of hydrogen-bond acceptors (Lipinski definition) is 4. The van der Waals surface area contributed by atoms with E-state index in [0.717, 1.165) is 6.20 Å². The minimum atomic E-state index is -2.80. The minimum absolute atomic E-state index is 0.127. The lowest BCUT2D eigenvalue weighted by atomic mass is 10.1. The lowest BCUT2D eigenvalue weighted by Gasteiger charge is -2.11. The minimum Gasteiger partial charge on any atom is -0.505 e. The van der Waals surface area contributed by atoms with E-state index >= 15 is 0 Å². The van der Waals surface area contributed by atoms with E-state index in [1.54, 1.807) is 29.5 Å². The molecule has 0 unspecified atom stereocenters. The van der Waals surface area contributed by atoms with Crippen LogP contribution in [0.5, 0.6) is 5.75 Å². The quantitative estimate of drug-likeness (QED) is 0.511. The molecule has 0 atom stereocenters. The zero-order valence-corrected chi connectivity index (χ0v) is 11.1. The highest BCUT2D eigenvalue weighted by atomic mass is 127. The standard InChI is InChI=1S/C10H10F2INO3/c1-2-17-7(15)3-5-6(9(11)12)4-14-10(13)8(5)16/h4,9,16H,2-3H2,1H3. The molecule has 7 heteroatoms. The van der Waals surface area contributed by atoms with Crippen molar-refractivity contribution in [3.8, 4) is 5.75 Å². The van der Waals surface area contributed by atoms with Crippen LogP contribution in [0.1, 0.15) is 24.5 Å². The maximum Gasteiger partial charge on any atom is 0.310 e. The second-order valence-electron chi connectivity index (χ2n) is 3.11. The molecule has 0 saturated carbocycles. The van der Waals surface area contributed by atoms with E-state index in [-0.39, 0.29) is 15.9 Å². The van der Waals surface area contributed by atoms with Crippen LogP contribution in [0.25, 0.3) is 0 Å². The first-order chi connectivity index (χ1) is 7.97. The van der Waals surface area contributed by atoms with E-state index in [1.165, 1.54) is 0 Å². The first-order valence-corrected chi connectivity index (χ1v) is 5.85. The molecule has 0 radical (unpaired) electrons. The number of rotatable bonds is 4. The fourth-order valence-corrected chi connectivity index (χ4v) is 1.72. The van der Waals surface area contributed by atoms with Crippen LogP contribution in [0, 0.1) is 3.70 Å². The van der Waals surface area contributed by atoms with Crippen molar-refractivity contribution in [2.75, 3.05) is 6.61 Å². The van der Waals surface area contributed by atoms with Crippen molar-refractivity contribution in [3.63, 3.8) is 0 Å². The second-order valence-corrected chi connectivity index (χ2v) is 4.14. The summed E-state index contributed by atoms with van der Waals surface area (Å²) in [6.45, 7) is 1.77. The molecule has 1 aromatic rings. The van der Waals surface area contributed by atoms with Crippen LogP contribution >= 0.6 is 22.6 Å². The number of aromatic nitrogens is 1. The van der Waals surface area contributed by atoms with Crippen molar-refractivity contribution in [3.05, 3.63) is 21.0 Å². The SMILES string of the molecule is CCOC(=O)Cc1c(C(F)F)cnc(I)c1O. The van der Waals surface area contributed by atoms with Crippen molar-refractivity contribution >= 4 is 28.6 Å². The lowest BCUT2D eigenvalue weighted by molar-refractivity contribution is -0.142. The van der Waals surface area contributed by atoms with E-state index in [2.05, 4.69) is 9.72 Å². The first kappa shape index (κ1) is 14.1. The summed E-state index contributed by atoms with van der Waals surface area (Å²) in [4.78, 5) is 14.9. The third kappa shape index (κ3) is 3.48. The van der Waals surface area contributed by atoms with E-state index in [4.69, 9.17) is 0 Å². The van der Waals surface area contributed by atoms with Crippen molar-refractivity contribution in [2.45, 2.75) is 19.8 Å². The molecule has 0 fully saturated rings. The van der Waals surface area contributed by atoms with Crippen LogP contribution in [0.15, 0.2) is 6.20 Å². The van der Waals surface area contributed by atoms with Gasteiger partial charge in [0.1, 0.15) is 3.70 Å². The van der Waals surface area contributed by atoms with Gasteiger partial charge < -0.3 is 9.84 Å². The molecule has 0 aliphatic rings. The first-order valence-electron chi connectivity index (χ1n) is 4.77. The molecular weight excluding hydrogens is 347 g/mol. The number of ether oxygens (including phenoxy) is 1. The number of hydrogen-bond donors (Lipinski definition) is 1. The lowest BCUT2D eigenvalue weighted by Crippen LogP contribution is -2.10. The van der Waals surface area contributed by atoms with E-state index in [1.807, 2.05) is 0 Å². The molecule has 1 N–H and O–H groups in total. The predicted molar refractivity (Wildman–Crippen MR) is 63.9 cm³/mol. The van der Waals surface area contributed by atoms with Crippen LogP contribution in [-0.2, 0) is 16.0 Å². The zero-order chi connectivity index (χ0) is 13.0. The summed E-state index contributed by atoms with van der Waals surface area (Å²) in [6, 6.07) is 0. The summed E-state index contributed by atoms with van der Waals surface area (Å²) in [5.74, 6) is -1.05. The van der Waals surface area contributed by atoms with Gasteiger partial charge in [-0.15, -0.1) is 0 Å². The Labute approximate surface area is 110 Å². The van der Waals surface area contributed by atoms with Gasteiger partial charge in [0.05, 0.1) is 13.0 Å². The number of pyridine rings is 1. The van der Waals surface area contributed by atoms with Crippen molar-refractivity contribution in [2.24, 2.45) is 0 Å². The molecule has 0 aliphatic heterocycles. The van der Waals surface area contributed by atoms with Crippen LogP contribution in [-0.4, -0.2) is 22.7 Å². The topological polar surface area (TPSA) is 59.4 Å². The number of esters is 1. The van der Waals surface area contributed by atoms with Gasteiger partial charge in [0, 0.05) is 17.3 Å². The number of carbonyl (C=O) groups is 1. The molecule has 0 spiro atoms. The van der Waals surface area contributed by atoms with Crippen LogP contribution < -0.4 is 0 Å². The third-order valence-corrected chi connectivity index (χ3v) is 2.80. The zero-order valence-electron chi connectivity index (χ0n) is 8.91. The summed E-state index contributed by atoms with van der Waals surface area (Å²) in [7, 11) is 0. The predicted octanol–water partition coefficient (Wildman–Crippen LogP) is 2.44. The molecule has 94 valence electrons. The highest BCUT2D eigenvalue weighted by Gasteiger charge is 2.21. The maximum atomic E-state index is 12.7. The van der Waals surface area contributed by atoms with Gasteiger partial charge in [-0.1, -0.05) is 0 Å². The summed E-state index contributed by atoms with van der Waals surface area (Å²) >= 11 is 1.70. The molecule has 17 heavy (non-hydrogen) atoms. The van der Waals surface area contributed by atoms with E-state index in [9.17, 15) is 18.7 Å². The largest absolute Gasteiger partial charge is 0.505 e. The average Bonchev–Trinajstić information content (AvgIpc) is 2.25. The number of halogens is 3. The van der Waals surface area contributed by atoms with Crippen LogP contribution in [0.4, 0.5) is 8.78 Å². The summed E-state index contributed by atoms with van der Waals surface area (Å²) in [6.07, 6.45) is -2.23. The summed E-state index contributed by atoms with van der Waals surface area (Å²) in [5, 5.41) is 9.63. The Kier molecular flexibility index (Phi) is 5.03. The van der Waals surface area contributed by atoms with Crippen molar-refractivity contribution < 1.29 is 23.4 Å². The molecule has 0 bridgehead atoms. The Morgan fingerprint density at radius 2 is 2.29 bits per heavy atom. The van der Waals surface area contributed by atoms with Gasteiger partial charge in [-0.2, -0.15) is 0 Å². The van der Waals surface area contributed by atoms with Gasteiger partial charge in [-0.05, 0) is 29.5 Å². The fourth-order valence-electron chi connectivity index (χ4n) is 1.26. The Balaban J connectivity index is 3.10. The van der Waals surface area contributed by atoms with Gasteiger partial charge in [-0.3, -0.25) is 4.79 Å². The van der Waals surface area contributed by atoms with E-state index in [0.29, 0.717) is 0 Å². The van der Waals surface area contributed by atoms with Crippen LogP contribution in [0.2, 0.25) is 0 Å². The highest BCUT2D eigenvalue weighted by molar-refractivity contribution is 14.1. The van der Waals surface area contributed by atoms with Gasteiger partial charge in [0.25, 0.3) is 6.43 Å². The molecule has 1 aromatic heterocycles. The molecular formula is C10H10F2INO3. The van der Waals surface area contributed by atoms with E-state index < -0.39 is 30.1 Å². The highest BCUT2D eigenvalue weighted by Crippen LogP contribution is 2.31. The Hall–Kier alpha value is -0.990. The monoisotopic (exact) mass is 357 g/mol. The third-order valence-electron chi connectivity index (χ3n) is 2.01. The van der Waals surface area contributed by atoms with Crippen molar-refractivity contribution in [1.82, 2.24) is 4.98 Å². The molecule has 0 aromatic carbocycles. The van der Waals surface area contributed by atoms with Gasteiger partial charge >= 0.3 is 5.97 Å². The molecule has 0 aliphatic carbocycles. The molecule has 1 heterocycles. The fraction of sp³-hybridized carbons (Fsp3) is 0.400. The molecule has 0 amide bonds. The van der Waals surface area contributed by atoms with Crippen molar-refractivity contribution in [1.29, 1.82) is 0 Å². The number of nitrogens with zero attached hydrogens (tertiary/aromatic N) is 1. The smallest absolute Gasteiger partial charge is 0.310 e. The Bertz CT molecular complexity index is 426. The maximum absolute atomic E-state index is 12.7. The van der Waals surface area contributed by atoms with Crippen LogP contribution in [0.3, 0.4) is 0 Å². The second kappa shape index (κ2) is 6.08. The average molecular weight is 357 g/mol.